The van der Waals surface area contributed by atoms with Gasteiger partial charge in [0.15, 0.2) is 0 Å². The second-order valence-electron chi connectivity index (χ2n) is 5.27. The molecule has 0 aliphatic carbocycles. The summed E-state index contributed by atoms with van der Waals surface area (Å²) in [5.41, 5.74) is 5.55. The van der Waals surface area contributed by atoms with E-state index >= 15 is 0 Å². The monoisotopic (exact) mass is 274 g/mol. The van der Waals surface area contributed by atoms with Crippen molar-refractivity contribution < 1.29 is 13.2 Å². The Morgan fingerprint density at radius 1 is 1.21 bits per heavy atom. The van der Waals surface area contributed by atoms with Gasteiger partial charge in [-0.25, -0.2) is 0 Å². The Hall–Kier alpha value is -1.23. The van der Waals surface area contributed by atoms with E-state index in [2.05, 4.69) is 0 Å². The molecule has 1 aromatic rings. The number of rotatable bonds is 4. The zero-order chi connectivity index (χ0) is 14.8. The fourth-order valence-corrected chi connectivity index (χ4v) is 1.82. The average Bonchev–Trinajstić information content (AvgIpc) is 2.35. The number of hydrogen-bond acceptors (Lipinski definition) is 2. The van der Waals surface area contributed by atoms with Crippen molar-refractivity contribution in [3.8, 4) is 0 Å². The van der Waals surface area contributed by atoms with Gasteiger partial charge >= 0.3 is 6.18 Å². The molecule has 108 valence electrons. The minimum Gasteiger partial charge on any atom is -0.369 e. The lowest BCUT2D eigenvalue weighted by molar-refractivity contribution is -0.138. The summed E-state index contributed by atoms with van der Waals surface area (Å²) in [4.78, 5) is 1.98. The first-order valence-corrected chi connectivity index (χ1v) is 6.27. The average molecular weight is 274 g/mol. The van der Waals surface area contributed by atoms with Crippen LogP contribution in [0.25, 0.3) is 0 Å². The van der Waals surface area contributed by atoms with Crippen LogP contribution < -0.4 is 10.6 Å². The molecular formula is C14H21F3N2. The summed E-state index contributed by atoms with van der Waals surface area (Å²) in [5.74, 6) is 0. The summed E-state index contributed by atoms with van der Waals surface area (Å²) in [7, 11) is 1.88. The molecule has 0 spiro atoms. The molecule has 0 bridgehead atoms. The zero-order valence-corrected chi connectivity index (χ0v) is 11.8. The predicted octanol–water partition coefficient (Wildman–Crippen LogP) is 3.79. The van der Waals surface area contributed by atoms with Crippen molar-refractivity contribution in [1.82, 2.24) is 0 Å². The molecule has 0 aliphatic rings. The molecule has 0 saturated carbocycles. The summed E-state index contributed by atoms with van der Waals surface area (Å²) in [6.45, 7) is 6.02. The molecule has 0 aliphatic heterocycles. The molecule has 5 heteroatoms. The van der Waals surface area contributed by atoms with Gasteiger partial charge in [-0.3, -0.25) is 0 Å². The van der Waals surface area contributed by atoms with E-state index in [1.54, 1.807) is 0 Å². The van der Waals surface area contributed by atoms with E-state index in [0.717, 1.165) is 18.2 Å². The molecule has 0 amide bonds. The molecule has 2 N–H and O–H groups in total. The van der Waals surface area contributed by atoms with E-state index in [4.69, 9.17) is 5.73 Å². The third-order valence-corrected chi connectivity index (χ3v) is 3.77. The van der Waals surface area contributed by atoms with E-state index in [-0.39, 0.29) is 17.6 Å². The standard InChI is InChI=1S/C14H21F3N2/c1-5-13(2,3)19(4)11-6-7-12(14(15,16)17)10(8-11)9-18/h6-8H,5,9,18H2,1-4H3. The molecule has 1 aromatic carbocycles. The van der Waals surface area contributed by atoms with Gasteiger partial charge in [-0.1, -0.05) is 6.92 Å². The smallest absolute Gasteiger partial charge is 0.369 e. The molecule has 0 saturated heterocycles. The van der Waals surface area contributed by atoms with Crippen molar-refractivity contribution in [2.45, 2.75) is 45.5 Å². The van der Waals surface area contributed by atoms with Crippen LogP contribution in [0.2, 0.25) is 0 Å². The highest BCUT2D eigenvalue weighted by molar-refractivity contribution is 5.53. The number of halogens is 3. The summed E-state index contributed by atoms with van der Waals surface area (Å²) >= 11 is 0. The van der Waals surface area contributed by atoms with Gasteiger partial charge < -0.3 is 10.6 Å². The molecule has 0 atom stereocenters. The Kier molecular flexibility index (Phi) is 4.50. The number of alkyl halides is 3. The van der Waals surface area contributed by atoms with Crippen LogP contribution in [-0.2, 0) is 12.7 Å². The number of nitrogens with zero attached hydrogens (tertiary/aromatic N) is 1. The molecule has 0 aromatic heterocycles. The van der Waals surface area contributed by atoms with Crippen LogP contribution in [0.1, 0.15) is 38.3 Å². The highest BCUT2D eigenvalue weighted by Crippen LogP contribution is 2.35. The first-order valence-electron chi connectivity index (χ1n) is 6.27. The Morgan fingerprint density at radius 2 is 1.79 bits per heavy atom. The fourth-order valence-electron chi connectivity index (χ4n) is 1.82. The lowest BCUT2D eigenvalue weighted by Gasteiger charge is -2.37. The summed E-state index contributed by atoms with van der Waals surface area (Å²) < 4.78 is 38.4. The quantitative estimate of drug-likeness (QED) is 0.905. The van der Waals surface area contributed by atoms with Crippen molar-refractivity contribution in [2.75, 3.05) is 11.9 Å². The topological polar surface area (TPSA) is 29.3 Å². The first-order chi connectivity index (χ1) is 8.63. The number of nitrogens with two attached hydrogens (primary N) is 1. The molecular weight excluding hydrogens is 253 g/mol. The maximum atomic E-state index is 12.8. The van der Waals surface area contributed by atoms with Gasteiger partial charge in [-0.05, 0) is 44.0 Å². The van der Waals surface area contributed by atoms with Crippen molar-refractivity contribution in [3.05, 3.63) is 29.3 Å². The van der Waals surface area contributed by atoms with Gasteiger partial charge in [0, 0.05) is 24.8 Å². The summed E-state index contributed by atoms with van der Waals surface area (Å²) in [5, 5.41) is 0. The maximum Gasteiger partial charge on any atom is 0.416 e. The van der Waals surface area contributed by atoms with Gasteiger partial charge in [-0.2, -0.15) is 13.2 Å². The van der Waals surface area contributed by atoms with E-state index in [1.165, 1.54) is 12.1 Å². The van der Waals surface area contributed by atoms with Crippen molar-refractivity contribution in [1.29, 1.82) is 0 Å². The van der Waals surface area contributed by atoms with Crippen molar-refractivity contribution in [2.24, 2.45) is 5.73 Å². The molecule has 0 heterocycles. The molecule has 2 nitrogen and oxygen atoms in total. The third kappa shape index (κ3) is 3.41. The Bertz CT molecular complexity index is 439. The van der Waals surface area contributed by atoms with Crippen LogP contribution in [0.5, 0.6) is 0 Å². The zero-order valence-electron chi connectivity index (χ0n) is 11.8. The highest BCUT2D eigenvalue weighted by Gasteiger charge is 2.33. The van der Waals surface area contributed by atoms with Crippen LogP contribution in [0.4, 0.5) is 18.9 Å². The van der Waals surface area contributed by atoms with Crippen LogP contribution in [0.3, 0.4) is 0 Å². The van der Waals surface area contributed by atoms with Crippen molar-refractivity contribution >= 4 is 5.69 Å². The molecule has 0 fully saturated rings. The lowest BCUT2D eigenvalue weighted by Crippen LogP contribution is -2.40. The third-order valence-electron chi connectivity index (χ3n) is 3.77. The number of anilines is 1. The van der Waals surface area contributed by atoms with Crippen molar-refractivity contribution in [3.63, 3.8) is 0 Å². The second kappa shape index (κ2) is 5.41. The fraction of sp³-hybridized carbons (Fsp3) is 0.571. The van der Waals surface area contributed by atoms with Gasteiger partial charge in [0.25, 0.3) is 0 Å². The highest BCUT2D eigenvalue weighted by atomic mass is 19.4. The Morgan fingerprint density at radius 3 is 2.21 bits per heavy atom. The number of benzene rings is 1. The van der Waals surface area contributed by atoms with E-state index < -0.39 is 11.7 Å². The molecule has 19 heavy (non-hydrogen) atoms. The van der Waals surface area contributed by atoms with E-state index in [1.807, 2.05) is 32.7 Å². The minimum atomic E-state index is -4.36. The maximum absolute atomic E-state index is 12.8. The van der Waals surface area contributed by atoms with Crippen LogP contribution >= 0.6 is 0 Å². The molecule has 0 radical (unpaired) electrons. The van der Waals surface area contributed by atoms with E-state index in [9.17, 15) is 13.2 Å². The second-order valence-corrected chi connectivity index (χ2v) is 5.27. The Balaban J connectivity index is 3.21. The van der Waals surface area contributed by atoms with Gasteiger partial charge in [-0.15, -0.1) is 0 Å². The minimum absolute atomic E-state index is 0.119. The van der Waals surface area contributed by atoms with Gasteiger partial charge in [0.2, 0.25) is 0 Å². The van der Waals surface area contributed by atoms with E-state index in [0.29, 0.717) is 0 Å². The summed E-state index contributed by atoms with van der Waals surface area (Å²) in [6, 6.07) is 4.14. The van der Waals surface area contributed by atoms with Crippen LogP contribution in [0, 0.1) is 0 Å². The lowest BCUT2D eigenvalue weighted by atomic mass is 9.98. The SMILES string of the molecule is CCC(C)(C)N(C)c1ccc(C(F)(F)F)c(CN)c1. The molecule has 0 unspecified atom stereocenters. The van der Waals surface area contributed by atoms with Crippen LogP contribution in [0.15, 0.2) is 18.2 Å². The largest absolute Gasteiger partial charge is 0.416 e. The Labute approximate surface area is 112 Å². The molecule has 1 rings (SSSR count). The van der Waals surface area contributed by atoms with Crippen LogP contribution in [-0.4, -0.2) is 12.6 Å². The van der Waals surface area contributed by atoms with Gasteiger partial charge in [0.1, 0.15) is 0 Å². The normalized spacial score (nSPS) is 12.6. The summed E-state index contributed by atoms with van der Waals surface area (Å²) in [6.07, 6.45) is -3.46. The first kappa shape index (κ1) is 15.8. The number of hydrogen-bond donors (Lipinski definition) is 1. The van der Waals surface area contributed by atoms with Gasteiger partial charge in [0.05, 0.1) is 5.56 Å². The predicted molar refractivity (Wildman–Crippen MR) is 72.1 cm³/mol.